The monoisotopic (exact) mass is 387 g/mol. The lowest BCUT2D eigenvalue weighted by Crippen LogP contribution is -2.63. The summed E-state index contributed by atoms with van der Waals surface area (Å²) < 4.78 is 57.3. The molecule has 1 aliphatic carbocycles. The van der Waals surface area contributed by atoms with Crippen LogP contribution in [0.2, 0.25) is 0 Å². The molecule has 1 N–H and O–H groups in total. The number of ether oxygens (including phenoxy) is 1. The van der Waals surface area contributed by atoms with Gasteiger partial charge in [0, 0.05) is 19.6 Å². The van der Waals surface area contributed by atoms with E-state index in [1.807, 2.05) is 13.0 Å². The summed E-state index contributed by atoms with van der Waals surface area (Å²) in [6, 6.07) is 4.80. The number of halogens is 4. The number of likely N-dealkylation sites (tertiary alicyclic amines) is 1. The van der Waals surface area contributed by atoms with Crippen LogP contribution in [-0.2, 0) is 11.2 Å². The maximum Gasteiger partial charge on any atom is 0.344 e. The number of fused-ring (bicyclic) bond motifs is 1. The molecule has 8 heteroatoms. The van der Waals surface area contributed by atoms with Crippen LogP contribution in [0.3, 0.4) is 0 Å². The number of hydrogen-bond acceptors (Lipinski definition) is 3. The first kappa shape index (κ1) is 19.7. The van der Waals surface area contributed by atoms with Gasteiger partial charge in [-0.1, -0.05) is 24.6 Å². The first-order valence-electron chi connectivity index (χ1n) is 8.70. The molecular formula is C19H21F4NO3. The standard InChI is InChI=1S/C19H21F4NO3/c1-11-4-13-6-15(27-17(22)16(21)7-20)3-2-12(13)5-14(11)8-24-9-19(23,10-24)18(25)26/h2-3,5-6,11,16-17H,4,7-10H2,1H3,(H,25,26)/t11-,16?,17?/m1/s1. The molecule has 3 atom stereocenters. The van der Waals surface area contributed by atoms with E-state index in [1.54, 1.807) is 17.0 Å². The fourth-order valence-electron chi connectivity index (χ4n) is 3.42. The number of carboxylic acid groups (broad SMARTS) is 1. The van der Waals surface area contributed by atoms with Crippen LogP contribution in [0.1, 0.15) is 18.1 Å². The van der Waals surface area contributed by atoms with Gasteiger partial charge in [0.25, 0.3) is 6.36 Å². The van der Waals surface area contributed by atoms with E-state index in [4.69, 9.17) is 9.84 Å². The molecule has 2 aliphatic rings. The van der Waals surface area contributed by atoms with Crippen LogP contribution in [0.4, 0.5) is 17.6 Å². The summed E-state index contributed by atoms with van der Waals surface area (Å²) in [6.07, 6.45) is -2.11. The van der Waals surface area contributed by atoms with Gasteiger partial charge in [-0.3, -0.25) is 4.90 Å². The van der Waals surface area contributed by atoms with Crippen molar-refractivity contribution in [2.45, 2.75) is 31.5 Å². The maximum atomic E-state index is 13.8. The lowest BCUT2D eigenvalue weighted by molar-refractivity contribution is -0.163. The molecule has 148 valence electrons. The number of carbonyl (C=O) groups is 1. The third-order valence-electron chi connectivity index (χ3n) is 5.03. The minimum Gasteiger partial charge on any atom is -0.479 e. The molecule has 1 aromatic rings. The molecule has 27 heavy (non-hydrogen) atoms. The van der Waals surface area contributed by atoms with Crippen LogP contribution in [0.25, 0.3) is 6.08 Å². The second-order valence-corrected chi connectivity index (χ2v) is 7.24. The number of alkyl halides is 4. The molecule has 0 saturated carbocycles. The predicted octanol–water partition coefficient (Wildman–Crippen LogP) is 3.35. The Morgan fingerprint density at radius 3 is 2.74 bits per heavy atom. The molecule has 0 spiro atoms. The Hall–Kier alpha value is -2.09. The normalized spacial score (nSPS) is 23.6. The number of nitrogens with zero attached hydrogens (tertiary/aromatic N) is 1. The molecule has 0 aromatic heterocycles. The Balaban J connectivity index is 1.67. The maximum absolute atomic E-state index is 13.8. The molecule has 1 fully saturated rings. The van der Waals surface area contributed by atoms with Crippen molar-refractivity contribution in [3.8, 4) is 5.75 Å². The molecule has 0 bridgehead atoms. The fraction of sp³-hybridized carbons (Fsp3) is 0.526. The summed E-state index contributed by atoms with van der Waals surface area (Å²) in [6.45, 7) is 0.741. The molecule has 3 rings (SSSR count). The quantitative estimate of drug-likeness (QED) is 0.729. The third kappa shape index (κ3) is 4.10. The first-order chi connectivity index (χ1) is 12.7. The van der Waals surface area contributed by atoms with E-state index in [1.165, 1.54) is 6.07 Å². The SMILES string of the molecule is C[C@@H]1Cc2cc(OC(F)C(F)CF)ccc2C=C1CN1CC(F)(C(=O)O)C1. The van der Waals surface area contributed by atoms with E-state index < -0.39 is 30.8 Å². The van der Waals surface area contributed by atoms with Gasteiger partial charge in [0.15, 0.2) is 6.17 Å². The topological polar surface area (TPSA) is 49.8 Å². The van der Waals surface area contributed by atoms with E-state index >= 15 is 0 Å². The second-order valence-electron chi connectivity index (χ2n) is 7.24. The highest BCUT2D eigenvalue weighted by molar-refractivity contribution is 5.79. The average molecular weight is 387 g/mol. The Labute approximate surface area is 154 Å². The van der Waals surface area contributed by atoms with Crippen molar-refractivity contribution in [2.75, 3.05) is 26.3 Å². The molecule has 0 amide bonds. The van der Waals surface area contributed by atoms with Gasteiger partial charge in [0.2, 0.25) is 5.67 Å². The predicted molar refractivity (Wildman–Crippen MR) is 91.6 cm³/mol. The van der Waals surface area contributed by atoms with Crippen LogP contribution >= 0.6 is 0 Å². The van der Waals surface area contributed by atoms with E-state index in [2.05, 4.69) is 0 Å². The Morgan fingerprint density at radius 2 is 2.11 bits per heavy atom. The van der Waals surface area contributed by atoms with Gasteiger partial charge in [-0.2, -0.15) is 4.39 Å². The zero-order chi connectivity index (χ0) is 19.8. The van der Waals surface area contributed by atoms with Gasteiger partial charge < -0.3 is 9.84 Å². The van der Waals surface area contributed by atoms with E-state index in [0.29, 0.717) is 13.0 Å². The number of benzene rings is 1. The highest BCUT2D eigenvalue weighted by Gasteiger charge is 2.50. The first-order valence-corrected chi connectivity index (χ1v) is 8.70. The average Bonchev–Trinajstić information content (AvgIpc) is 2.59. The number of rotatable bonds is 7. The molecule has 1 heterocycles. The van der Waals surface area contributed by atoms with Crippen molar-refractivity contribution in [3.05, 3.63) is 34.9 Å². The van der Waals surface area contributed by atoms with Gasteiger partial charge in [-0.25, -0.2) is 18.0 Å². The van der Waals surface area contributed by atoms with Gasteiger partial charge >= 0.3 is 5.97 Å². The number of hydrogen-bond donors (Lipinski definition) is 1. The van der Waals surface area contributed by atoms with Gasteiger partial charge in [0.05, 0.1) is 0 Å². The van der Waals surface area contributed by atoms with Gasteiger partial charge in [-0.15, -0.1) is 0 Å². The van der Waals surface area contributed by atoms with Crippen LogP contribution in [-0.4, -0.2) is 60.5 Å². The number of carboxylic acids is 1. The summed E-state index contributed by atoms with van der Waals surface area (Å²) in [5, 5.41) is 8.84. The highest BCUT2D eigenvalue weighted by atomic mass is 19.2. The Bertz CT molecular complexity index is 748. The van der Waals surface area contributed by atoms with Crippen molar-refractivity contribution in [1.82, 2.24) is 4.90 Å². The number of aliphatic carboxylic acids is 1. The summed E-state index contributed by atoms with van der Waals surface area (Å²) >= 11 is 0. The minimum atomic E-state index is -2.36. The lowest BCUT2D eigenvalue weighted by Gasteiger charge is -2.42. The summed E-state index contributed by atoms with van der Waals surface area (Å²) in [5.74, 6) is -1.18. The van der Waals surface area contributed by atoms with E-state index in [0.717, 1.165) is 16.7 Å². The summed E-state index contributed by atoms with van der Waals surface area (Å²) in [4.78, 5) is 12.6. The van der Waals surface area contributed by atoms with Gasteiger partial charge in [0.1, 0.15) is 12.4 Å². The van der Waals surface area contributed by atoms with E-state index in [-0.39, 0.29) is 24.8 Å². The van der Waals surface area contributed by atoms with E-state index in [9.17, 15) is 22.4 Å². The summed E-state index contributed by atoms with van der Waals surface area (Å²) in [5.41, 5.74) is 0.659. The Kier molecular flexibility index (Phi) is 5.46. The highest BCUT2D eigenvalue weighted by Crippen LogP contribution is 2.34. The molecule has 1 saturated heterocycles. The van der Waals surface area contributed by atoms with Crippen LogP contribution in [0.5, 0.6) is 5.75 Å². The van der Waals surface area contributed by atoms with Crippen LogP contribution in [0, 0.1) is 5.92 Å². The third-order valence-corrected chi connectivity index (χ3v) is 5.03. The van der Waals surface area contributed by atoms with Crippen molar-refractivity contribution in [2.24, 2.45) is 5.92 Å². The smallest absolute Gasteiger partial charge is 0.344 e. The van der Waals surface area contributed by atoms with Crippen molar-refractivity contribution >= 4 is 12.0 Å². The largest absolute Gasteiger partial charge is 0.479 e. The van der Waals surface area contributed by atoms with Crippen molar-refractivity contribution in [1.29, 1.82) is 0 Å². The lowest BCUT2D eigenvalue weighted by atomic mass is 9.83. The van der Waals surface area contributed by atoms with Crippen molar-refractivity contribution in [3.63, 3.8) is 0 Å². The van der Waals surface area contributed by atoms with Gasteiger partial charge in [-0.05, 0) is 35.6 Å². The molecule has 1 aliphatic heterocycles. The van der Waals surface area contributed by atoms with Crippen LogP contribution in [0.15, 0.2) is 23.8 Å². The second kappa shape index (κ2) is 7.50. The van der Waals surface area contributed by atoms with Crippen LogP contribution < -0.4 is 4.74 Å². The minimum absolute atomic E-state index is 0.119. The fourth-order valence-corrected chi connectivity index (χ4v) is 3.42. The molecule has 1 aromatic carbocycles. The zero-order valence-corrected chi connectivity index (χ0v) is 14.8. The molecule has 4 nitrogen and oxygen atoms in total. The zero-order valence-electron chi connectivity index (χ0n) is 14.8. The molecule has 0 radical (unpaired) electrons. The van der Waals surface area contributed by atoms with Crippen molar-refractivity contribution < 1.29 is 32.2 Å². The molecule has 2 unspecified atom stereocenters. The molecular weight excluding hydrogens is 366 g/mol. The summed E-state index contributed by atoms with van der Waals surface area (Å²) in [7, 11) is 0. The Morgan fingerprint density at radius 1 is 1.41 bits per heavy atom.